The van der Waals surface area contributed by atoms with Crippen LogP contribution >= 0.6 is 0 Å². The van der Waals surface area contributed by atoms with E-state index in [-0.39, 0.29) is 23.8 Å². The molecular weight excluding hydrogens is 342 g/mol. The van der Waals surface area contributed by atoms with Gasteiger partial charge in [0.25, 0.3) is 0 Å². The molecule has 27 heavy (non-hydrogen) atoms. The third-order valence-corrected chi connectivity index (χ3v) is 6.31. The van der Waals surface area contributed by atoms with Crippen molar-refractivity contribution in [3.8, 4) is 0 Å². The van der Waals surface area contributed by atoms with Crippen LogP contribution in [0.2, 0.25) is 0 Å². The van der Waals surface area contributed by atoms with Gasteiger partial charge in [0.2, 0.25) is 11.8 Å². The maximum Gasteiger partial charge on any atom is 0.239 e. The molecule has 0 radical (unpaired) electrons. The molecule has 0 saturated carbocycles. The van der Waals surface area contributed by atoms with Crippen LogP contribution in [0.5, 0.6) is 0 Å². The largest absolute Gasteiger partial charge is 0.342 e. The summed E-state index contributed by atoms with van der Waals surface area (Å²) in [4.78, 5) is 39.9. The first-order valence-electron chi connectivity index (χ1n) is 10.2. The molecule has 1 aromatic rings. The van der Waals surface area contributed by atoms with Crippen molar-refractivity contribution < 1.29 is 9.59 Å². The summed E-state index contributed by atoms with van der Waals surface area (Å²) in [5.74, 6) is 1.42. The number of likely N-dealkylation sites (tertiary alicyclic amines) is 2. The number of rotatable bonds is 3. The number of fused-ring (bicyclic) bond motifs is 1. The lowest BCUT2D eigenvalue weighted by Gasteiger charge is -2.33. The molecule has 4 heterocycles. The van der Waals surface area contributed by atoms with E-state index < -0.39 is 0 Å². The molecule has 2 fully saturated rings. The van der Waals surface area contributed by atoms with Crippen molar-refractivity contribution >= 4 is 11.8 Å². The van der Waals surface area contributed by atoms with Crippen molar-refractivity contribution in [3.05, 3.63) is 23.3 Å². The molecule has 2 saturated heterocycles. The molecule has 7 heteroatoms. The van der Waals surface area contributed by atoms with Crippen molar-refractivity contribution in [2.45, 2.75) is 58.0 Å². The molecule has 0 spiro atoms. The lowest BCUT2D eigenvalue weighted by Crippen LogP contribution is -2.47. The zero-order chi connectivity index (χ0) is 19.0. The zero-order valence-corrected chi connectivity index (χ0v) is 16.4. The molecule has 3 aliphatic rings. The maximum absolute atomic E-state index is 12.9. The molecular formula is C20H29N5O2. The Kier molecular flexibility index (Phi) is 5.12. The quantitative estimate of drug-likeness (QED) is 0.798. The predicted octanol–water partition coefficient (Wildman–Crippen LogP) is 1.18. The second-order valence-corrected chi connectivity index (χ2v) is 8.08. The molecule has 1 aromatic heterocycles. The third kappa shape index (κ3) is 3.70. The summed E-state index contributed by atoms with van der Waals surface area (Å²) in [6.45, 7) is 8.55. The van der Waals surface area contributed by atoms with Crippen LogP contribution < -0.4 is 0 Å². The Morgan fingerprint density at radius 1 is 1.15 bits per heavy atom. The van der Waals surface area contributed by atoms with Crippen molar-refractivity contribution in [1.29, 1.82) is 0 Å². The highest BCUT2D eigenvalue weighted by atomic mass is 16.2. The van der Waals surface area contributed by atoms with Gasteiger partial charge in [0.15, 0.2) is 0 Å². The number of hydrogen-bond acceptors (Lipinski definition) is 5. The second kappa shape index (κ2) is 7.54. The molecule has 0 unspecified atom stereocenters. The van der Waals surface area contributed by atoms with Gasteiger partial charge in [0.05, 0.1) is 11.7 Å². The Bertz CT molecular complexity index is 731. The van der Waals surface area contributed by atoms with Crippen LogP contribution in [-0.4, -0.2) is 75.2 Å². The fourth-order valence-electron chi connectivity index (χ4n) is 4.52. The minimum absolute atomic E-state index is 0.0368. The van der Waals surface area contributed by atoms with Gasteiger partial charge in [0.1, 0.15) is 5.82 Å². The molecule has 0 aliphatic carbocycles. The molecule has 3 aliphatic heterocycles. The third-order valence-electron chi connectivity index (χ3n) is 6.31. The average Bonchev–Trinajstić information content (AvgIpc) is 3.38. The van der Waals surface area contributed by atoms with Gasteiger partial charge in [-0.2, -0.15) is 0 Å². The SMILES string of the molecule is CC(=O)N1CC[C@@H](c2ncc3c(n2)CCN(C(=O)[C@H](C)N2CCCC2)C3)C1. The fourth-order valence-corrected chi connectivity index (χ4v) is 4.52. The number of hydrogen-bond donors (Lipinski definition) is 0. The Balaban J connectivity index is 1.42. The van der Waals surface area contributed by atoms with Crippen molar-refractivity contribution in [3.63, 3.8) is 0 Å². The lowest BCUT2D eigenvalue weighted by atomic mass is 10.0. The van der Waals surface area contributed by atoms with E-state index >= 15 is 0 Å². The summed E-state index contributed by atoms with van der Waals surface area (Å²) in [6.07, 6.45) is 6.00. The van der Waals surface area contributed by atoms with Gasteiger partial charge in [-0.1, -0.05) is 0 Å². The van der Waals surface area contributed by atoms with E-state index in [1.165, 1.54) is 12.8 Å². The molecule has 2 atom stereocenters. The van der Waals surface area contributed by atoms with Gasteiger partial charge in [-0.25, -0.2) is 9.97 Å². The molecule has 2 amide bonds. The van der Waals surface area contributed by atoms with Crippen LogP contribution in [0.4, 0.5) is 0 Å². The molecule has 0 aromatic carbocycles. The molecule has 4 rings (SSSR count). The number of amides is 2. The highest BCUT2D eigenvalue weighted by Crippen LogP contribution is 2.27. The van der Waals surface area contributed by atoms with Crippen LogP contribution in [0.15, 0.2) is 6.20 Å². The van der Waals surface area contributed by atoms with Crippen LogP contribution in [0.1, 0.15) is 56.1 Å². The first-order valence-corrected chi connectivity index (χ1v) is 10.2. The first kappa shape index (κ1) is 18.3. The average molecular weight is 371 g/mol. The van der Waals surface area contributed by atoms with E-state index in [4.69, 9.17) is 4.98 Å². The molecule has 0 N–H and O–H groups in total. The molecule has 7 nitrogen and oxygen atoms in total. The maximum atomic E-state index is 12.9. The first-order chi connectivity index (χ1) is 13.0. The van der Waals surface area contributed by atoms with Crippen LogP contribution in [0, 0.1) is 0 Å². The highest BCUT2D eigenvalue weighted by molar-refractivity contribution is 5.81. The van der Waals surface area contributed by atoms with E-state index in [0.29, 0.717) is 13.1 Å². The van der Waals surface area contributed by atoms with E-state index in [1.807, 2.05) is 22.9 Å². The summed E-state index contributed by atoms with van der Waals surface area (Å²) in [5.41, 5.74) is 2.13. The molecule has 0 bridgehead atoms. The Hall–Kier alpha value is -2.02. The summed E-state index contributed by atoms with van der Waals surface area (Å²) < 4.78 is 0. The van der Waals surface area contributed by atoms with Crippen LogP contribution in [0.3, 0.4) is 0 Å². The lowest BCUT2D eigenvalue weighted by molar-refractivity contribution is -0.137. The smallest absolute Gasteiger partial charge is 0.239 e. The van der Waals surface area contributed by atoms with Crippen molar-refractivity contribution in [1.82, 2.24) is 24.7 Å². The van der Waals surface area contributed by atoms with Crippen LogP contribution in [0.25, 0.3) is 0 Å². The summed E-state index contributed by atoms with van der Waals surface area (Å²) in [6, 6.07) is -0.0368. The number of nitrogens with zero attached hydrogens (tertiary/aromatic N) is 5. The van der Waals surface area contributed by atoms with E-state index in [1.54, 1.807) is 6.92 Å². The minimum Gasteiger partial charge on any atom is -0.342 e. The fraction of sp³-hybridized carbons (Fsp3) is 0.700. The standard InChI is InChI=1S/C20H29N5O2/c1-14(23-7-3-4-8-23)20(27)25-10-6-18-17(13-25)11-21-19(22-18)16-5-9-24(12-16)15(2)26/h11,14,16H,3-10,12-13H2,1-2H3/t14-,16+/m0/s1. The van der Waals surface area contributed by atoms with Gasteiger partial charge in [-0.15, -0.1) is 0 Å². The van der Waals surface area contributed by atoms with Crippen molar-refractivity contribution in [2.24, 2.45) is 0 Å². The number of aromatic nitrogens is 2. The van der Waals surface area contributed by atoms with Gasteiger partial charge in [-0.05, 0) is 39.3 Å². The second-order valence-electron chi connectivity index (χ2n) is 8.08. The minimum atomic E-state index is -0.0368. The van der Waals surface area contributed by atoms with Gasteiger partial charge in [0, 0.05) is 57.2 Å². The Morgan fingerprint density at radius 2 is 1.93 bits per heavy atom. The highest BCUT2D eigenvalue weighted by Gasteiger charge is 2.32. The normalized spacial score (nSPS) is 24.1. The number of carbonyl (C=O) groups excluding carboxylic acids is 2. The Labute approximate surface area is 160 Å². The molecule has 146 valence electrons. The van der Waals surface area contributed by atoms with E-state index in [0.717, 1.165) is 56.1 Å². The summed E-state index contributed by atoms with van der Waals surface area (Å²) in [5, 5.41) is 0. The van der Waals surface area contributed by atoms with Crippen LogP contribution in [-0.2, 0) is 22.6 Å². The zero-order valence-electron chi connectivity index (χ0n) is 16.4. The van der Waals surface area contributed by atoms with Gasteiger partial charge >= 0.3 is 0 Å². The monoisotopic (exact) mass is 371 g/mol. The van der Waals surface area contributed by atoms with Gasteiger partial charge in [-0.3, -0.25) is 14.5 Å². The van der Waals surface area contributed by atoms with Gasteiger partial charge < -0.3 is 9.80 Å². The summed E-state index contributed by atoms with van der Waals surface area (Å²) in [7, 11) is 0. The predicted molar refractivity (Wildman–Crippen MR) is 101 cm³/mol. The summed E-state index contributed by atoms with van der Waals surface area (Å²) >= 11 is 0. The van der Waals surface area contributed by atoms with Crippen molar-refractivity contribution in [2.75, 3.05) is 32.7 Å². The topological polar surface area (TPSA) is 69.6 Å². The van der Waals surface area contributed by atoms with E-state index in [9.17, 15) is 9.59 Å². The van der Waals surface area contributed by atoms with E-state index in [2.05, 4.69) is 9.88 Å². The Morgan fingerprint density at radius 3 is 2.63 bits per heavy atom. The number of carbonyl (C=O) groups is 2.